The van der Waals surface area contributed by atoms with Crippen LogP contribution in [-0.4, -0.2) is 22.2 Å². The lowest BCUT2D eigenvalue weighted by molar-refractivity contribution is -0.208. The van der Waals surface area contributed by atoms with Gasteiger partial charge in [0.25, 0.3) is 5.91 Å². The number of halogens is 3. The Morgan fingerprint density at radius 3 is 2.58 bits per heavy atom. The molecule has 2 N–H and O–H groups in total. The summed E-state index contributed by atoms with van der Waals surface area (Å²) in [4.78, 5) is 12.1. The Morgan fingerprint density at radius 2 is 1.90 bits per heavy atom. The van der Waals surface area contributed by atoms with Crippen LogP contribution in [0.4, 0.5) is 8.78 Å². The van der Waals surface area contributed by atoms with Crippen LogP contribution in [0.5, 0.6) is 17.6 Å². The Balaban J connectivity index is 1.28. The Bertz CT molecular complexity index is 1170. The first-order valence-electron chi connectivity index (χ1n) is 9.47. The molecule has 3 aliphatic carbocycles. The predicted molar refractivity (Wildman–Crippen MR) is 104 cm³/mol. The minimum Gasteiger partial charge on any atom is -0.480 e. The van der Waals surface area contributed by atoms with E-state index in [2.05, 4.69) is 10.2 Å². The molecule has 10 heteroatoms. The molecule has 3 aliphatic rings. The average Bonchev–Trinajstić information content (AvgIpc) is 3.10. The summed E-state index contributed by atoms with van der Waals surface area (Å²) < 4.78 is 43.8. The lowest BCUT2D eigenvalue weighted by Gasteiger charge is -2.69. The van der Waals surface area contributed by atoms with Gasteiger partial charge in [0, 0.05) is 17.5 Å². The van der Waals surface area contributed by atoms with E-state index in [1.54, 1.807) is 6.07 Å². The van der Waals surface area contributed by atoms with Gasteiger partial charge in [0.2, 0.25) is 5.89 Å². The van der Waals surface area contributed by atoms with Crippen molar-refractivity contribution in [3.63, 3.8) is 0 Å². The number of primary amides is 1. The van der Waals surface area contributed by atoms with Crippen LogP contribution in [0.2, 0.25) is 5.02 Å². The van der Waals surface area contributed by atoms with Gasteiger partial charge in [0.05, 0.1) is 10.4 Å². The van der Waals surface area contributed by atoms with Crippen LogP contribution < -0.4 is 15.2 Å². The van der Waals surface area contributed by atoms with Gasteiger partial charge in [-0.15, -0.1) is 5.10 Å². The van der Waals surface area contributed by atoms with E-state index in [0.717, 1.165) is 6.07 Å². The van der Waals surface area contributed by atoms with Crippen molar-refractivity contribution >= 4 is 17.5 Å². The maximum atomic E-state index is 13.7. The normalized spacial score (nSPS) is 24.6. The molecule has 160 valence electrons. The summed E-state index contributed by atoms with van der Waals surface area (Å²) in [5, 5.41) is 7.87. The third-order valence-corrected chi connectivity index (χ3v) is 6.20. The molecule has 1 aromatic heterocycles. The molecule has 0 saturated heterocycles. The molecule has 0 spiro atoms. The van der Waals surface area contributed by atoms with Crippen molar-refractivity contribution in [2.75, 3.05) is 0 Å². The zero-order chi connectivity index (χ0) is 21.8. The minimum atomic E-state index is -0.930. The van der Waals surface area contributed by atoms with E-state index in [0.29, 0.717) is 25.2 Å². The molecule has 0 radical (unpaired) electrons. The number of aromatic nitrogens is 2. The van der Waals surface area contributed by atoms with Gasteiger partial charge in [-0.2, -0.15) is 0 Å². The quantitative estimate of drug-likeness (QED) is 0.584. The lowest BCUT2D eigenvalue weighted by atomic mass is 9.33. The topological polar surface area (TPSA) is 100 Å². The molecule has 3 fully saturated rings. The second kappa shape index (κ2) is 6.91. The fraction of sp³-hybridized carbons (Fsp3) is 0.286. The number of amides is 1. The van der Waals surface area contributed by atoms with Gasteiger partial charge >= 0.3 is 6.08 Å². The number of rotatable bonds is 7. The number of nitrogens with two attached hydrogens (primary N) is 1. The number of hydrogen-bond acceptors (Lipinski definition) is 6. The molecule has 31 heavy (non-hydrogen) atoms. The number of nitrogens with zero attached hydrogens (tertiary/aromatic N) is 2. The summed E-state index contributed by atoms with van der Waals surface area (Å²) >= 11 is 5.69. The van der Waals surface area contributed by atoms with Crippen LogP contribution in [0.3, 0.4) is 0 Å². The SMILES string of the molecule is NC(=O)C(Oc1ccc(Cl)c(F)c1)C12CC(c3nnc(Oc4cccc(F)c4)o3)(C1)C2. The first kappa shape index (κ1) is 19.7. The summed E-state index contributed by atoms with van der Waals surface area (Å²) in [5.41, 5.74) is 4.69. The third-order valence-electron chi connectivity index (χ3n) is 5.89. The summed E-state index contributed by atoms with van der Waals surface area (Å²) in [6.45, 7) is 0. The van der Waals surface area contributed by atoms with E-state index >= 15 is 0 Å². The van der Waals surface area contributed by atoms with Gasteiger partial charge in [-0.05, 0) is 43.5 Å². The predicted octanol–water partition coefficient (Wildman–Crippen LogP) is 4.15. The highest BCUT2D eigenvalue weighted by Gasteiger charge is 2.75. The highest BCUT2D eigenvalue weighted by Crippen LogP contribution is 2.75. The van der Waals surface area contributed by atoms with Crippen molar-refractivity contribution < 1.29 is 27.5 Å². The maximum Gasteiger partial charge on any atom is 0.420 e. The van der Waals surface area contributed by atoms with Crippen LogP contribution in [0.15, 0.2) is 46.9 Å². The lowest BCUT2D eigenvalue weighted by Crippen LogP contribution is -2.72. The molecule has 6 rings (SSSR count). The molecule has 7 nitrogen and oxygen atoms in total. The highest BCUT2D eigenvalue weighted by atomic mass is 35.5. The summed E-state index contributed by atoms with van der Waals surface area (Å²) in [6, 6.07) is 9.52. The van der Waals surface area contributed by atoms with Crippen molar-refractivity contribution in [2.45, 2.75) is 30.8 Å². The van der Waals surface area contributed by atoms with Crippen LogP contribution >= 0.6 is 11.6 Å². The Labute approximate surface area is 180 Å². The molecule has 3 saturated carbocycles. The number of benzene rings is 2. The molecule has 2 aromatic carbocycles. The van der Waals surface area contributed by atoms with Crippen molar-refractivity contribution in [1.82, 2.24) is 10.2 Å². The van der Waals surface area contributed by atoms with E-state index in [1.807, 2.05) is 0 Å². The second-order valence-corrected chi connectivity index (χ2v) is 8.49. The first-order valence-corrected chi connectivity index (χ1v) is 9.85. The molecule has 1 unspecified atom stereocenters. The minimum absolute atomic E-state index is 0.0416. The smallest absolute Gasteiger partial charge is 0.420 e. The summed E-state index contributed by atoms with van der Waals surface area (Å²) in [5.74, 6) is -0.939. The van der Waals surface area contributed by atoms with Crippen LogP contribution in [0.25, 0.3) is 0 Å². The highest BCUT2D eigenvalue weighted by molar-refractivity contribution is 6.30. The molecule has 1 heterocycles. The maximum absolute atomic E-state index is 13.7. The standard InChI is InChI=1S/C21H16ClF2N3O4/c22-14-5-4-13(7-15(14)24)29-16(17(25)28)20-8-21(9-20,10-20)18-26-27-19(31-18)30-12-3-1-2-11(23)6-12/h1-7,16H,8-10H2,(H2,25,28). The Hall–Kier alpha value is -3.20. The van der Waals surface area contributed by atoms with Crippen molar-refractivity contribution in [3.8, 4) is 17.6 Å². The molecular weight excluding hydrogens is 432 g/mol. The van der Waals surface area contributed by atoms with Crippen LogP contribution in [0, 0.1) is 17.0 Å². The van der Waals surface area contributed by atoms with Crippen molar-refractivity contribution in [2.24, 2.45) is 11.1 Å². The molecule has 1 amide bonds. The zero-order valence-electron chi connectivity index (χ0n) is 16.0. The number of ether oxygens (including phenoxy) is 2. The zero-order valence-corrected chi connectivity index (χ0v) is 16.7. The first-order chi connectivity index (χ1) is 14.8. The average molecular weight is 448 g/mol. The van der Waals surface area contributed by atoms with E-state index in [1.165, 1.54) is 30.3 Å². The molecule has 3 aromatic rings. The summed E-state index contributed by atoms with van der Waals surface area (Å²) in [6.07, 6.45) is 0.613. The fourth-order valence-electron chi connectivity index (χ4n) is 4.64. The van der Waals surface area contributed by atoms with E-state index in [9.17, 15) is 13.6 Å². The van der Waals surface area contributed by atoms with Crippen molar-refractivity contribution in [3.05, 3.63) is 65.0 Å². The van der Waals surface area contributed by atoms with E-state index < -0.39 is 34.5 Å². The number of hydrogen-bond donors (Lipinski definition) is 1. The van der Waals surface area contributed by atoms with Gasteiger partial charge in [0.1, 0.15) is 23.1 Å². The van der Waals surface area contributed by atoms with E-state index in [-0.39, 0.29) is 22.6 Å². The van der Waals surface area contributed by atoms with Gasteiger partial charge in [-0.1, -0.05) is 22.8 Å². The third kappa shape index (κ3) is 3.29. The Morgan fingerprint density at radius 1 is 1.13 bits per heavy atom. The molecule has 2 bridgehead atoms. The Kier molecular flexibility index (Phi) is 4.40. The van der Waals surface area contributed by atoms with Crippen LogP contribution in [-0.2, 0) is 10.2 Å². The molecule has 0 aliphatic heterocycles. The largest absolute Gasteiger partial charge is 0.480 e. The van der Waals surface area contributed by atoms with Gasteiger partial charge in [-0.25, -0.2) is 8.78 Å². The number of carbonyl (C=O) groups is 1. The fourth-order valence-corrected chi connectivity index (χ4v) is 4.76. The van der Waals surface area contributed by atoms with Gasteiger partial charge in [-0.3, -0.25) is 4.79 Å². The van der Waals surface area contributed by atoms with E-state index in [4.69, 9.17) is 31.2 Å². The van der Waals surface area contributed by atoms with Gasteiger partial charge < -0.3 is 19.6 Å². The monoisotopic (exact) mass is 447 g/mol. The van der Waals surface area contributed by atoms with Crippen LogP contribution in [0.1, 0.15) is 25.2 Å². The molecular formula is C21H16ClF2N3O4. The summed E-state index contributed by atoms with van der Waals surface area (Å²) in [7, 11) is 0. The molecule has 1 atom stereocenters. The second-order valence-electron chi connectivity index (χ2n) is 8.08. The van der Waals surface area contributed by atoms with Gasteiger partial charge in [0.15, 0.2) is 6.10 Å². The number of carbonyl (C=O) groups excluding carboxylic acids is 1. The van der Waals surface area contributed by atoms with Crippen molar-refractivity contribution in [1.29, 1.82) is 0 Å².